The number of pyridine rings is 1. The maximum Gasteiger partial charge on any atom is 0.335 e. The molecule has 0 amide bonds. The van der Waals surface area contributed by atoms with Crippen LogP contribution in [-0.4, -0.2) is 21.8 Å². The summed E-state index contributed by atoms with van der Waals surface area (Å²) in [5.74, 6) is 0.525. The second kappa shape index (κ2) is 6.11. The Bertz CT molecular complexity index is 384. The average Bonchev–Trinajstić information content (AvgIpc) is 2.25. The monoisotopic (exact) mass is 259 g/mol. The zero-order valence-electron chi connectivity index (χ0n) is 9.24. The van der Waals surface area contributed by atoms with Gasteiger partial charge in [-0.1, -0.05) is 31.9 Å². The molecule has 3 nitrogen and oxygen atoms in total. The van der Waals surface area contributed by atoms with E-state index in [-0.39, 0.29) is 10.7 Å². The van der Waals surface area contributed by atoms with Crippen molar-refractivity contribution >= 4 is 29.3 Å². The van der Waals surface area contributed by atoms with Crippen molar-refractivity contribution in [2.45, 2.75) is 25.3 Å². The van der Waals surface area contributed by atoms with E-state index in [1.165, 1.54) is 17.8 Å². The van der Waals surface area contributed by atoms with Crippen LogP contribution in [0.1, 0.15) is 30.6 Å². The molecule has 1 aromatic heterocycles. The van der Waals surface area contributed by atoms with E-state index in [1.54, 1.807) is 6.07 Å². The van der Waals surface area contributed by atoms with Gasteiger partial charge in [0.05, 0.1) is 10.6 Å². The Morgan fingerprint density at radius 2 is 2.31 bits per heavy atom. The molecule has 0 aliphatic heterocycles. The van der Waals surface area contributed by atoms with Gasteiger partial charge in [0.25, 0.3) is 0 Å². The lowest BCUT2D eigenvalue weighted by atomic mass is 10.2. The standard InChI is InChI=1S/C11H14ClNO2S/c1-3-7(2)6-16-10-5-8(11(14)15)4-9(12)13-10/h4-5,7H,3,6H2,1-2H3,(H,14,15). The first-order chi connectivity index (χ1) is 7.52. The van der Waals surface area contributed by atoms with Crippen LogP contribution in [-0.2, 0) is 0 Å². The molecule has 1 N–H and O–H groups in total. The summed E-state index contributed by atoms with van der Waals surface area (Å²) in [6.07, 6.45) is 1.10. The van der Waals surface area contributed by atoms with Gasteiger partial charge in [0.2, 0.25) is 0 Å². The number of rotatable bonds is 5. The quantitative estimate of drug-likeness (QED) is 0.649. The van der Waals surface area contributed by atoms with Crippen LogP contribution in [0.5, 0.6) is 0 Å². The summed E-state index contributed by atoms with van der Waals surface area (Å²) in [7, 11) is 0. The van der Waals surface area contributed by atoms with Gasteiger partial charge in [0, 0.05) is 5.75 Å². The minimum atomic E-state index is -0.977. The summed E-state index contributed by atoms with van der Waals surface area (Å²) in [6.45, 7) is 4.27. The largest absolute Gasteiger partial charge is 0.478 e. The van der Waals surface area contributed by atoms with Crippen molar-refractivity contribution in [1.29, 1.82) is 0 Å². The minimum absolute atomic E-state index is 0.187. The number of thioether (sulfide) groups is 1. The highest BCUT2D eigenvalue weighted by Gasteiger charge is 2.09. The number of nitrogens with zero attached hydrogens (tertiary/aromatic N) is 1. The van der Waals surface area contributed by atoms with E-state index in [9.17, 15) is 4.79 Å². The number of hydrogen-bond donors (Lipinski definition) is 1. The Hall–Kier alpha value is -0.740. The number of carbonyl (C=O) groups is 1. The summed E-state index contributed by atoms with van der Waals surface area (Å²) in [5.41, 5.74) is 0.187. The fourth-order valence-electron chi connectivity index (χ4n) is 1.02. The molecule has 0 saturated heterocycles. The Balaban J connectivity index is 2.76. The van der Waals surface area contributed by atoms with Crippen LogP contribution < -0.4 is 0 Å². The van der Waals surface area contributed by atoms with E-state index in [2.05, 4.69) is 18.8 Å². The lowest BCUT2D eigenvalue weighted by Gasteiger charge is -2.07. The van der Waals surface area contributed by atoms with Gasteiger partial charge in [-0.25, -0.2) is 9.78 Å². The first-order valence-electron chi connectivity index (χ1n) is 5.06. The SMILES string of the molecule is CCC(C)CSc1cc(C(=O)O)cc(Cl)n1. The number of aromatic carboxylic acids is 1. The smallest absolute Gasteiger partial charge is 0.335 e. The lowest BCUT2D eigenvalue weighted by Crippen LogP contribution is -2.00. The fraction of sp³-hybridized carbons (Fsp3) is 0.455. The zero-order chi connectivity index (χ0) is 12.1. The summed E-state index contributed by atoms with van der Waals surface area (Å²) >= 11 is 7.30. The molecule has 1 aromatic rings. The molecule has 1 rings (SSSR count). The van der Waals surface area contributed by atoms with E-state index >= 15 is 0 Å². The van der Waals surface area contributed by atoms with Crippen molar-refractivity contribution in [2.75, 3.05) is 5.75 Å². The first kappa shape index (κ1) is 13.3. The molecular weight excluding hydrogens is 246 g/mol. The van der Waals surface area contributed by atoms with Gasteiger partial charge in [-0.3, -0.25) is 0 Å². The Morgan fingerprint density at radius 1 is 1.62 bits per heavy atom. The first-order valence-corrected chi connectivity index (χ1v) is 6.43. The van der Waals surface area contributed by atoms with E-state index in [4.69, 9.17) is 16.7 Å². The van der Waals surface area contributed by atoms with Gasteiger partial charge in [0.1, 0.15) is 5.15 Å². The number of carboxylic acids is 1. The molecule has 0 fully saturated rings. The van der Waals surface area contributed by atoms with Gasteiger partial charge >= 0.3 is 5.97 Å². The third-order valence-corrected chi connectivity index (χ3v) is 3.66. The summed E-state index contributed by atoms with van der Waals surface area (Å²) in [6, 6.07) is 2.92. The van der Waals surface area contributed by atoms with E-state index in [0.29, 0.717) is 10.9 Å². The molecule has 1 unspecified atom stereocenters. The predicted octanol–water partition coefficient (Wildman–Crippen LogP) is 3.57. The molecule has 0 radical (unpaired) electrons. The third kappa shape index (κ3) is 4.02. The van der Waals surface area contributed by atoms with Gasteiger partial charge in [-0.2, -0.15) is 0 Å². The molecule has 0 aromatic carbocycles. The summed E-state index contributed by atoms with van der Waals surface area (Å²) < 4.78 is 0. The van der Waals surface area contributed by atoms with Crippen molar-refractivity contribution in [3.05, 3.63) is 22.8 Å². The van der Waals surface area contributed by atoms with Gasteiger partial charge in [0.15, 0.2) is 0 Å². The van der Waals surface area contributed by atoms with E-state index in [1.807, 2.05) is 0 Å². The van der Waals surface area contributed by atoms with Gasteiger partial charge in [-0.05, 0) is 18.1 Å². The zero-order valence-corrected chi connectivity index (χ0v) is 10.8. The molecule has 0 spiro atoms. The molecular formula is C11H14ClNO2S. The van der Waals surface area contributed by atoms with Crippen molar-refractivity contribution in [2.24, 2.45) is 5.92 Å². The second-order valence-electron chi connectivity index (χ2n) is 3.65. The molecule has 0 aliphatic rings. The van der Waals surface area contributed by atoms with Crippen LogP contribution >= 0.6 is 23.4 Å². The highest BCUT2D eigenvalue weighted by atomic mass is 35.5. The Kier molecular flexibility index (Phi) is 5.09. The van der Waals surface area contributed by atoms with Gasteiger partial charge in [-0.15, -0.1) is 11.8 Å². The van der Waals surface area contributed by atoms with Crippen molar-refractivity contribution in [3.63, 3.8) is 0 Å². The Morgan fingerprint density at radius 3 is 2.88 bits per heavy atom. The van der Waals surface area contributed by atoms with Crippen LogP contribution in [0, 0.1) is 5.92 Å². The molecule has 88 valence electrons. The maximum absolute atomic E-state index is 10.8. The molecule has 5 heteroatoms. The number of aromatic nitrogens is 1. The number of halogens is 1. The number of carboxylic acid groups (broad SMARTS) is 1. The maximum atomic E-state index is 10.8. The van der Waals surface area contributed by atoms with Crippen molar-refractivity contribution in [3.8, 4) is 0 Å². The lowest BCUT2D eigenvalue weighted by molar-refractivity contribution is 0.0696. The predicted molar refractivity (Wildman–Crippen MR) is 66.4 cm³/mol. The molecule has 0 aliphatic carbocycles. The minimum Gasteiger partial charge on any atom is -0.478 e. The van der Waals surface area contributed by atoms with Crippen LogP contribution in [0.15, 0.2) is 17.2 Å². The van der Waals surface area contributed by atoms with Crippen LogP contribution in [0.25, 0.3) is 0 Å². The third-order valence-electron chi connectivity index (χ3n) is 2.23. The Labute approximate surface area is 104 Å². The van der Waals surface area contributed by atoms with Crippen LogP contribution in [0.4, 0.5) is 0 Å². The summed E-state index contributed by atoms with van der Waals surface area (Å²) in [5, 5.41) is 9.76. The average molecular weight is 260 g/mol. The van der Waals surface area contributed by atoms with Crippen LogP contribution in [0.3, 0.4) is 0 Å². The number of hydrogen-bond acceptors (Lipinski definition) is 3. The second-order valence-corrected chi connectivity index (χ2v) is 5.07. The molecule has 16 heavy (non-hydrogen) atoms. The van der Waals surface area contributed by atoms with Crippen molar-refractivity contribution in [1.82, 2.24) is 4.98 Å². The molecule has 1 atom stereocenters. The molecule has 1 heterocycles. The molecule has 0 saturated carbocycles. The van der Waals surface area contributed by atoms with E-state index in [0.717, 1.165) is 12.2 Å². The van der Waals surface area contributed by atoms with Gasteiger partial charge < -0.3 is 5.11 Å². The highest BCUT2D eigenvalue weighted by Crippen LogP contribution is 2.23. The normalized spacial score (nSPS) is 12.4. The highest BCUT2D eigenvalue weighted by molar-refractivity contribution is 7.99. The fourth-order valence-corrected chi connectivity index (χ4v) is 2.34. The molecule has 0 bridgehead atoms. The van der Waals surface area contributed by atoms with E-state index < -0.39 is 5.97 Å². The topological polar surface area (TPSA) is 50.2 Å². The van der Waals surface area contributed by atoms with Crippen LogP contribution in [0.2, 0.25) is 5.15 Å². The van der Waals surface area contributed by atoms with Crippen molar-refractivity contribution < 1.29 is 9.90 Å². The summed E-state index contributed by atoms with van der Waals surface area (Å²) in [4.78, 5) is 14.9.